The second-order valence-electron chi connectivity index (χ2n) is 2.35. The topological polar surface area (TPSA) is 51.9 Å². The summed E-state index contributed by atoms with van der Waals surface area (Å²) in [7, 11) is 3.53. The van der Waals surface area contributed by atoms with Crippen LogP contribution in [0.4, 0.5) is 0 Å². The summed E-state index contributed by atoms with van der Waals surface area (Å²) in [4.78, 5) is 11.1. The molecule has 1 heterocycles. The molecule has 62 valence electrons. The zero-order chi connectivity index (χ0) is 8.27. The number of aryl methyl sites for hydroxylation is 1. The Morgan fingerprint density at radius 1 is 1.73 bits per heavy atom. The Kier molecular flexibility index (Phi) is 2.43. The van der Waals surface area contributed by atoms with E-state index in [4.69, 9.17) is 0 Å². The van der Waals surface area contributed by atoms with Gasteiger partial charge in [-0.05, 0) is 7.05 Å². The van der Waals surface area contributed by atoms with Gasteiger partial charge >= 0.3 is 5.69 Å². The van der Waals surface area contributed by atoms with Crippen LogP contribution in [-0.2, 0) is 13.6 Å². The zero-order valence-corrected chi connectivity index (χ0v) is 6.74. The third kappa shape index (κ3) is 1.68. The molecule has 11 heavy (non-hydrogen) atoms. The van der Waals surface area contributed by atoms with Crippen LogP contribution in [-0.4, -0.2) is 27.9 Å². The van der Waals surface area contributed by atoms with E-state index in [9.17, 15) is 4.79 Å². The molecule has 0 amide bonds. The molecule has 1 N–H and O–H groups in total. The molecule has 0 unspecified atom stereocenters. The maximum atomic E-state index is 11.1. The predicted octanol–water partition coefficient (Wildman–Crippen LogP) is -1.20. The van der Waals surface area contributed by atoms with Gasteiger partial charge in [-0.1, -0.05) is 0 Å². The van der Waals surface area contributed by atoms with Gasteiger partial charge in [-0.3, -0.25) is 4.57 Å². The Hall–Kier alpha value is -1.10. The first-order chi connectivity index (χ1) is 5.25. The van der Waals surface area contributed by atoms with Crippen LogP contribution in [0.25, 0.3) is 0 Å². The molecule has 0 spiro atoms. The van der Waals surface area contributed by atoms with Crippen molar-refractivity contribution in [3.05, 3.63) is 16.8 Å². The van der Waals surface area contributed by atoms with Gasteiger partial charge in [0.2, 0.25) is 0 Å². The van der Waals surface area contributed by atoms with E-state index in [0.29, 0.717) is 6.54 Å². The van der Waals surface area contributed by atoms with Crippen molar-refractivity contribution in [2.45, 2.75) is 6.54 Å². The molecule has 0 atom stereocenters. The molecular formula is C6H12N4O. The summed E-state index contributed by atoms with van der Waals surface area (Å²) in [6.07, 6.45) is 1.51. The second-order valence-corrected chi connectivity index (χ2v) is 2.35. The smallest absolute Gasteiger partial charge is 0.318 e. The number of likely N-dealkylation sites (N-methyl/N-ethyl adjacent to an activating group) is 1. The van der Waals surface area contributed by atoms with Gasteiger partial charge < -0.3 is 5.32 Å². The number of nitrogens with zero attached hydrogens (tertiary/aromatic N) is 3. The lowest BCUT2D eigenvalue weighted by molar-refractivity contribution is 0.561. The number of hydrogen-bond donors (Lipinski definition) is 1. The molecule has 0 aromatic carbocycles. The van der Waals surface area contributed by atoms with Crippen LogP contribution < -0.4 is 11.0 Å². The van der Waals surface area contributed by atoms with E-state index in [1.54, 1.807) is 7.05 Å². The van der Waals surface area contributed by atoms with Gasteiger partial charge in [0, 0.05) is 13.6 Å². The quantitative estimate of drug-likeness (QED) is 0.598. The highest BCUT2D eigenvalue weighted by Gasteiger charge is 1.98. The normalized spacial score (nSPS) is 10.4. The molecule has 1 rings (SSSR count). The summed E-state index contributed by atoms with van der Waals surface area (Å²) in [5.41, 5.74) is -0.0692. The molecule has 0 saturated carbocycles. The first-order valence-electron chi connectivity index (χ1n) is 3.48. The van der Waals surface area contributed by atoms with Gasteiger partial charge in [0.1, 0.15) is 6.33 Å². The van der Waals surface area contributed by atoms with Crippen molar-refractivity contribution >= 4 is 0 Å². The van der Waals surface area contributed by atoms with Crippen molar-refractivity contribution in [3.63, 3.8) is 0 Å². The molecule has 0 saturated heterocycles. The molecule has 1 aromatic heterocycles. The number of hydrogen-bond acceptors (Lipinski definition) is 3. The standard InChI is InChI=1S/C6H12N4O/c1-7-3-4-10-6(11)9(2)5-8-10/h5,7H,3-4H2,1-2H3. The summed E-state index contributed by atoms with van der Waals surface area (Å²) in [5, 5.41) is 6.82. The molecule has 1 aromatic rings. The van der Waals surface area contributed by atoms with Gasteiger partial charge in [-0.15, -0.1) is 0 Å². The lowest BCUT2D eigenvalue weighted by Crippen LogP contribution is -2.27. The molecule has 0 bridgehead atoms. The zero-order valence-electron chi connectivity index (χ0n) is 6.74. The van der Waals surface area contributed by atoms with Crippen LogP contribution in [0.5, 0.6) is 0 Å². The lowest BCUT2D eigenvalue weighted by atomic mass is 10.6. The number of aromatic nitrogens is 3. The van der Waals surface area contributed by atoms with Crippen LogP contribution in [0.2, 0.25) is 0 Å². The molecule has 0 radical (unpaired) electrons. The van der Waals surface area contributed by atoms with Crippen molar-refractivity contribution in [3.8, 4) is 0 Å². The number of nitrogens with one attached hydrogen (secondary N) is 1. The van der Waals surface area contributed by atoms with Crippen LogP contribution in [0, 0.1) is 0 Å². The van der Waals surface area contributed by atoms with Gasteiger partial charge in [0.15, 0.2) is 0 Å². The maximum absolute atomic E-state index is 11.1. The van der Waals surface area contributed by atoms with E-state index in [1.807, 2.05) is 7.05 Å². The van der Waals surface area contributed by atoms with Crippen LogP contribution >= 0.6 is 0 Å². The Bertz CT molecular complexity index is 274. The van der Waals surface area contributed by atoms with E-state index < -0.39 is 0 Å². The Balaban J connectivity index is 2.71. The lowest BCUT2D eigenvalue weighted by Gasteiger charge is -1.96. The van der Waals surface area contributed by atoms with Crippen molar-refractivity contribution in [1.82, 2.24) is 19.7 Å². The summed E-state index contributed by atoms with van der Waals surface area (Å²) in [6, 6.07) is 0. The van der Waals surface area contributed by atoms with Crippen LogP contribution in [0.3, 0.4) is 0 Å². The van der Waals surface area contributed by atoms with Crippen LogP contribution in [0.1, 0.15) is 0 Å². The fourth-order valence-corrected chi connectivity index (χ4v) is 0.792. The largest absolute Gasteiger partial charge is 0.345 e. The van der Waals surface area contributed by atoms with Crippen molar-refractivity contribution in [2.24, 2.45) is 7.05 Å². The summed E-state index contributed by atoms with van der Waals surface area (Å²) >= 11 is 0. The molecular weight excluding hydrogens is 144 g/mol. The highest BCUT2D eigenvalue weighted by molar-refractivity contribution is 4.64. The minimum absolute atomic E-state index is 0.0692. The molecule has 0 aliphatic rings. The molecule has 5 nitrogen and oxygen atoms in total. The Morgan fingerprint density at radius 3 is 2.91 bits per heavy atom. The van der Waals surface area contributed by atoms with E-state index in [-0.39, 0.29) is 5.69 Å². The fraction of sp³-hybridized carbons (Fsp3) is 0.667. The van der Waals surface area contributed by atoms with Crippen molar-refractivity contribution in [2.75, 3.05) is 13.6 Å². The summed E-state index contributed by atoms with van der Waals surface area (Å²) in [6.45, 7) is 1.38. The Labute approximate surface area is 64.6 Å². The molecule has 0 fully saturated rings. The minimum Gasteiger partial charge on any atom is -0.318 e. The van der Waals surface area contributed by atoms with Gasteiger partial charge in [-0.25, -0.2) is 9.48 Å². The van der Waals surface area contributed by atoms with E-state index >= 15 is 0 Å². The first kappa shape index (κ1) is 8.00. The van der Waals surface area contributed by atoms with Gasteiger partial charge in [0.05, 0.1) is 6.54 Å². The number of rotatable bonds is 3. The summed E-state index contributed by atoms with van der Waals surface area (Å²) in [5.74, 6) is 0. The first-order valence-corrected chi connectivity index (χ1v) is 3.48. The minimum atomic E-state index is -0.0692. The highest BCUT2D eigenvalue weighted by atomic mass is 16.2. The predicted molar refractivity (Wildman–Crippen MR) is 41.4 cm³/mol. The maximum Gasteiger partial charge on any atom is 0.345 e. The molecule has 5 heteroatoms. The van der Waals surface area contributed by atoms with E-state index in [2.05, 4.69) is 10.4 Å². The fourth-order valence-electron chi connectivity index (χ4n) is 0.792. The van der Waals surface area contributed by atoms with Crippen molar-refractivity contribution in [1.29, 1.82) is 0 Å². The van der Waals surface area contributed by atoms with Gasteiger partial charge in [0.25, 0.3) is 0 Å². The van der Waals surface area contributed by atoms with Gasteiger partial charge in [-0.2, -0.15) is 5.10 Å². The summed E-state index contributed by atoms with van der Waals surface area (Å²) < 4.78 is 2.88. The Morgan fingerprint density at radius 2 is 2.45 bits per heavy atom. The van der Waals surface area contributed by atoms with Crippen LogP contribution in [0.15, 0.2) is 11.1 Å². The van der Waals surface area contributed by atoms with Crippen molar-refractivity contribution < 1.29 is 0 Å². The third-order valence-electron chi connectivity index (χ3n) is 1.46. The third-order valence-corrected chi connectivity index (χ3v) is 1.46. The monoisotopic (exact) mass is 156 g/mol. The average molecular weight is 156 g/mol. The average Bonchev–Trinajstić information content (AvgIpc) is 2.31. The molecule has 0 aliphatic carbocycles. The highest BCUT2D eigenvalue weighted by Crippen LogP contribution is 1.73. The van der Waals surface area contributed by atoms with E-state index in [0.717, 1.165) is 6.54 Å². The molecule has 0 aliphatic heterocycles. The SMILES string of the molecule is CNCCn1ncn(C)c1=O. The van der Waals surface area contributed by atoms with E-state index in [1.165, 1.54) is 15.6 Å². The second kappa shape index (κ2) is 3.34.